The van der Waals surface area contributed by atoms with Gasteiger partial charge in [-0.2, -0.15) is 5.26 Å². The molecule has 0 amide bonds. The van der Waals surface area contributed by atoms with Crippen LogP contribution < -0.4 is 9.47 Å². The summed E-state index contributed by atoms with van der Waals surface area (Å²) in [6, 6.07) is 11.4. The minimum Gasteiger partial charge on any atom is -0.490 e. The van der Waals surface area contributed by atoms with Gasteiger partial charge < -0.3 is 9.47 Å². The second kappa shape index (κ2) is 7.53. The number of aryl methyl sites for hydroxylation is 2. The first-order chi connectivity index (χ1) is 10.5. The molecule has 22 heavy (non-hydrogen) atoms. The van der Waals surface area contributed by atoms with E-state index in [1.807, 2.05) is 26.0 Å². The van der Waals surface area contributed by atoms with Crippen molar-refractivity contribution in [3.63, 3.8) is 0 Å². The molecule has 2 aromatic rings. The molecule has 5 heteroatoms. The van der Waals surface area contributed by atoms with E-state index in [1.165, 1.54) is 0 Å². The van der Waals surface area contributed by atoms with Crippen LogP contribution in [0.25, 0.3) is 0 Å². The van der Waals surface area contributed by atoms with E-state index in [0.717, 1.165) is 16.9 Å². The topological polar surface area (TPSA) is 42.2 Å². The van der Waals surface area contributed by atoms with Gasteiger partial charge in [-0.05, 0) is 65.2 Å². The second-order valence-corrected chi connectivity index (χ2v) is 6.19. The van der Waals surface area contributed by atoms with E-state index in [-0.39, 0.29) is 0 Å². The van der Waals surface area contributed by atoms with Gasteiger partial charge in [-0.25, -0.2) is 0 Å². The molecule has 0 fully saturated rings. The Morgan fingerprint density at radius 1 is 1.05 bits per heavy atom. The molecule has 0 heterocycles. The SMILES string of the molecule is Cc1cc(C)cc(OCCOc2c(Br)cc(Cl)cc2C#N)c1. The average molecular weight is 381 g/mol. The highest BCUT2D eigenvalue weighted by atomic mass is 79.9. The number of benzene rings is 2. The monoisotopic (exact) mass is 379 g/mol. The zero-order valence-electron chi connectivity index (χ0n) is 12.3. The van der Waals surface area contributed by atoms with Crippen molar-refractivity contribution in [3.05, 3.63) is 56.5 Å². The van der Waals surface area contributed by atoms with Gasteiger partial charge in [0.05, 0.1) is 10.0 Å². The van der Waals surface area contributed by atoms with Gasteiger partial charge in [-0.1, -0.05) is 17.7 Å². The maximum absolute atomic E-state index is 9.12. The summed E-state index contributed by atoms with van der Waals surface area (Å²) in [5, 5.41) is 9.61. The quantitative estimate of drug-likeness (QED) is 0.682. The van der Waals surface area contributed by atoms with Crippen LogP contribution in [0.2, 0.25) is 5.02 Å². The van der Waals surface area contributed by atoms with Gasteiger partial charge in [-0.15, -0.1) is 0 Å². The number of halogens is 2. The fraction of sp³-hybridized carbons (Fsp3) is 0.235. The standard InChI is InChI=1S/C17H15BrClNO2/c1-11-5-12(2)7-15(6-11)21-3-4-22-17-13(10-20)8-14(19)9-16(17)18/h5-9H,3-4H2,1-2H3. The van der Waals surface area contributed by atoms with E-state index in [2.05, 4.69) is 28.1 Å². The minimum atomic E-state index is 0.335. The van der Waals surface area contributed by atoms with Crippen molar-refractivity contribution in [2.75, 3.05) is 13.2 Å². The molecule has 0 saturated heterocycles. The zero-order chi connectivity index (χ0) is 16.1. The number of hydrogen-bond acceptors (Lipinski definition) is 3. The smallest absolute Gasteiger partial charge is 0.151 e. The van der Waals surface area contributed by atoms with Gasteiger partial charge in [0.15, 0.2) is 5.75 Å². The Bertz CT molecular complexity index is 705. The maximum Gasteiger partial charge on any atom is 0.151 e. The fourth-order valence-corrected chi connectivity index (χ4v) is 3.03. The van der Waals surface area contributed by atoms with Crippen molar-refractivity contribution in [3.8, 4) is 17.6 Å². The third-order valence-corrected chi connectivity index (χ3v) is 3.73. The van der Waals surface area contributed by atoms with E-state index in [1.54, 1.807) is 12.1 Å². The van der Waals surface area contributed by atoms with Gasteiger partial charge >= 0.3 is 0 Å². The van der Waals surface area contributed by atoms with Crippen LogP contribution in [0.1, 0.15) is 16.7 Å². The van der Waals surface area contributed by atoms with E-state index in [4.69, 9.17) is 26.3 Å². The maximum atomic E-state index is 9.12. The molecule has 2 aromatic carbocycles. The lowest BCUT2D eigenvalue weighted by Crippen LogP contribution is -2.10. The fourth-order valence-electron chi connectivity index (χ4n) is 2.11. The van der Waals surface area contributed by atoms with E-state index in [0.29, 0.717) is 34.0 Å². The van der Waals surface area contributed by atoms with Gasteiger partial charge in [0.25, 0.3) is 0 Å². The molecule has 0 aliphatic rings. The molecule has 0 spiro atoms. The van der Waals surface area contributed by atoms with Gasteiger partial charge in [0.2, 0.25) is 0 Å². The Labute approximate surface area is 143 Å². The van der Waals surface area contributed by atoms with Crippen LogP contribution in [0, 0.1) is 25.2 Å². The van der Waals surface area contributed by atoms with E-state index < -0.39 is 0 Å². The molecular weight excluding hydrogens is 366 g/mol. The van der Waals surface area contributed by atoms with Crippen LogP contribution in [-0.4, -0.2) is 13.2 Å². The summed E-state index contributed by atoms with van der Waals surface area (Å²) in [5.41, 5.74) is 2.71. The molecule has 0 aromatic heterocycles. The number of hydrogen-bond donors (Lipinski definition) is 0. The van der Waals surface area contributed by atoms with Gasteiger partial charge in [0.1, 0.15) is 25.0 Å². The van der Waals surface area contributed by atoms with Crippen LogP contribution in [0.15, 0.2) is 34.8 Å². The Hall–Kier alpha value is -1.70. The largest absolute Gasteiger partial charge is 0.490 e. The molecule has 0 saturated carbocycles. The lowest BCUT2D eigenvalue weighted by atomic mass is 10.1. The third-order valence-electron chi connectivity index (χ3n) is 2.92. The first kappa shape index (κ1) is 16.7. The van der Waals surface area contributed by atoms with E-state index in [9.17, 15) is 0 Å². The highest BCUT2D eigenvalue weighted by Crippen LogP contribution is 2.32. The van der Waals surface area contributed by atoms with Crippen molar-refractivity contribution >= 4 is 27.5 Å². The summed E-state index contributed by atoms with van der Waals surface area (Å²) in [5.74, 6) is 1.30. The molecule has 0 N–H and O–H groups in total. The zero-order valence-corrected chi connectivity index (χ0v) is 14.7. The predicted octanol–water partition coefficient (Wildman–Crippen LogP) is 5.05. The summed E-state index contributed by atoms with van der Waals surface area (Å²) < 4.78 is 12.0. The van der Waals surface area contributed by atoms with Crippen LogP contribution in [-0.2, 0) is 0 Å². The summed E-state index contributed by atoms with van der Waals surface area (Å²) in [7, 11) is 0. The van der Waals surface area contributed by atoms with Crippen molar-refractivity contribution in [2.45, 2.75) is 13.8 Å². The Balaban J connectivity index is 1.96. The van der Waals surface area contributed by atoms with Gasteiger partial charge in [-0.3, -0.25) is 0 Å². The average Bonchev–Trinajstić information content (AvgIpc) is 2.43. The first-order valence-corrected chi connectivity index (χ1v) is 7.89. The Morgan fingerprint density at radius 3 is 2.32 bits per heavy atom. The van der Waals surface area contributed by atoms with Gasteiger partial charge in [0, 0.05) is 5.02 Å². The molecular formula is C17H15BrClNO2. The number of ether oxygens (including phenoxy) is 2. The molecule has 0 radical (unpaired) electrons. The highest BCUT2D eigenvalue weighted by molar-refractivity contribution is 9.10. The van der Waals surface area contributed by atoms with Crippen LogP contribution >= 0.6 is 27.5 Å². The number of nitriles is 1. The van der Waals surface area contributed by atoms with Crippen molar-refractivity contribution < 1.29 is 9.47 Å². The van der Waals surface area contributed by atoms with Crippen LogP contribution in [0.5, 0.6) is 11.5 Å². The molecule has 0 unspecified atom stereocenters. The molecule has 0 atom stereocenters. The highest BCUT2D eigenvalue weighted by Gasteiger charge is 2.10. The van der Waals surface area contributed by atoms with Crippen molar-refractivity contribution in [1.29, 1.82) is 5.26 Å². The van der Waals surface area contributed by atoms with Crippen molar-refractivity contribution in [2.24, 2.45) is 0 Å². The molecule has 114 valence electrons. The second-order valence-electron chi connectivity index (χ2n) is 4.90. The summed E-state index contributed by atoms with van der Waals surface area (Å²) in [4.78, 5) is 0. The van der Waals surface area contributed by atoms with E-state index >= 15 is 0 Å². The van der Waals surface area contributed by atoms with Crippen LogP contribution in [0.4, 0.5) is 0 Å². The molecule has 2 rings (SSSR count). The molecule has 3 nitrogen and oxygen atoms in total. The summed E-state index contributed by atoms with van der Waals surface area (Å²) in [6.45, 7) is 4.78. The Morgan fingerprint density at radius 2 is 1.68 bits per heavy atom. The molecule has 0 aliphatic carbocycles. The normalized spacial score (nSPS) is 10.1. The molecule has 0 aliphatic heterocycles. The first-order valence-electron chi connectivity index (χ1n) is 6.72. The summed E-state index contributed by atoms with van der Waals surface area (Å²) >= 11 is 9.26. The van der Waals surface area contributed by atoms with Crippen molar-refractivity contribution in [1.82, 2.24) is 0 Å². The lowest BCUT2D eigenvalue weighted by Gasteiger charge is -2.12. The predicted molar refractivity (Wildman–Crippen MR) is 90.8 cm³/mol. The third kappa shape index (κ3) is 4.40. The lowest BCUT2D eigenvalue weighted by molar-refractivity contribution is 0.216. The minimum absolute atomic E-state index is 0.335. The summed E-state index contributed by atoms with van der Waals surface area (Å²) in [6.07, 6.45) is 0. The number of nitrogens with zero attached hydrogens (tertiary/aromatic N) is 1. The Kier molecular flexibility index (Phi) is 5.70. The number of rotatable bonds is 5. The molecule has 0 bridgehead atoms. The van der Waals surface area contributed by atoms with Crippen LogP contribution in [0.3, 0.4) is 0 Å².